The quantitative estimate of drug-likeness (QED) is 0.389. The van der Waals surface area contributed by atoms with Crippen molar-refractivity contribution in [3.05, 3.63) is 58.1 Å². The van der Waals surface area contributed by atoms with Crippen LogP contribution in [0.3, 0.4) is 0 Å². The minimum atomic E-state index is -0.395. The van der Waals surface area contributed by atoms with Crippen LogP contribution in [0.15, 0.2) is 52.1 Å². The minimum Gasteiger partial charge on any atom is -0.335 e. The van der Waals surface area contributed by atoms with E-state index in [4.69, 9.17) is 5.84 Å². The number of hydrogen-bond donors (Lipinski definition) is 2. The highest BCUT2D eigenvalue weighted by atomic mass is 79.9. The number of nitrogens with zero attached hydrogens (tertiary/aromatic N) is 3. The van der Waals surface area contributed by atoms with Gasteiger partial charge in [0.05, 0.1) is 5.25 Å². The number of para-hydroxylation sites is 1. The average Bonchev–Trinajstić information content (AvgIpc) is 3.03. The smallest absolute Gasteiger partial charge is 0.237 e. The van der Waals surface area contributed by atoms with Crippen molar-refractivity contribution >= 4 is 39.3 Å². The predicted octanol–water partition coefficient (Wildman–Crippen LogP) is 4.97. The van der Waals surface area contributed by atoms with Gasteiger partial charge in [-0.3, -0.25) is 4.79 Å². The summed E-state index contributed by atoms with van der Waals surface area (Å²) < 4.78 is 2.30. The number of rotatable bonds is 6. The first kappa shape index (κ1) is 21.4. The average molecular weight is 474 g/mol. The van der Waals surface area contributed by atoms with Gasteiger partial charge in [-0.2, -0.15) is 0 Å². The van der Waals surface area contributed by atoms with Gasteiger partial charge < -0.3 is 11.2 Å². The maximum Gasteiger partial charge on any atom is 0.237 e. The zero-order valence-electron chi connectivity index (χ0n) is 16.8. The second kappa shape index (κ2) is 9.00. The molecule has 3 N–H and O–H groups in total. The first-order chi connectivity index (χ1) is 13.8. The van der Waals surface area contributed by atoms with Crippen molar-refractivity contribution in [2.75, 3.05) is 11.2 Å². The van der Waals surface area contributed by atoms with Crippen molar-refractivity contribution in [1.82, 2.24) is 14.9 Å². The SMILES string of the molecule is Cc1cccc(C(C)C)c1NC(=O)C(C)Sc1nnc(-c2ccccc2Br)n1N. The topological polar surface area (TPSA) is 85.8 Å². The van der Waals surface area contributed by atoms with Crippen molar-refractivity contribution in [1.29, 1.82) is 0 Å². The van der Waals surface area contributed by atoms with Gasteiger partial charge in [-0.15, -0.1) is 10.2 Å². The van der Waals surface area contributed by atoms with Gasteiger partial charge in [-0.05, 0) is 43.0 Å². The Labute approximate surface area is 183 Å². The maximum absolute atomic E-state index is 12.8. The molecule has 29 heavy (non-hydrogen) atoms. The van der Waals surface area contributed by atoms with E-state index in [0.717, 1.165) is 26.9 Å². The molecular weight excluding hydrogens is 450 g/mol. The summed E-state index contributed by atoms with van der Waals surface area (Å²) in [7, 11) is 0. The highest BCUT2D eigenvalue weighted by Crippen LogP contribution is 2.31. The summed E-state index contributed by atoms with van der Waals surface area (Å²) in [5, 5.41) is 11.5. The molecule has 0 radical (unpaired) electrons. The molecular formula is C21H24BrN5OS. The van der Waals surface area contributed by atoms with E-state index in [0.29, 0.717) is 16.9 Å². The van der Waals surface area contributed by atoms with Gasteiger partial charge in [-0.1, -0.05) is 71.9 Å². The van der Waals surface area contributed by atoms with Crippen LogP contribution in [0.2, 0.25) is 0 Å². The van der Waals surface area contributed by atoms with Crippen LogP contribution in [-0.4, -0.2) is 26.0 Å². The number of thioether (sulfide) groups is 1. The summed E-state index contributed by atoms with van der Waals surface area (Å²) in [4.78, 5) is 12.8. The summed E-state index contributed by atoms with van der Waals surface area (Å²) >= 11 is 4.78. The third-order valence-corrected chi connectivity index (χ3v) is 6.35. The molecule has 0 spiro atoms. The van der Waals surface area contributed by atoms with Crippen LogP contribution < -0.4 is 11.2 Å². The second-order valence-electron chi connectivity index (χ2n) is 7.10. The molecule has 0 aliphatic heterocycles. The van der Waals surface area contributed by atoms with Crippen molar-refractivity contribution in [2.45, 2.75) is 44.0 Å². The molecule has 152 valence electrons. The molecule has 0 saturated carbocycles. The van der Waals surface area contributed by atoms with Crippen LogP contribution in [0.25, 0.3) is 11.4 Å². The third kappa shape index (κ3) is 4.64. The number of amides is 1. The molecule has 1 amide bonds. The molecule has 6 nitrogen and oxygen atoms in total. The Balaban J connectivity index is 1.77. The lowest BCUT2D eigenvalue weighted by atomic mass is 9.98. The van der Waals surface area contributed by atoms with Crippen molar-refractivity contribution in [2.24, 2.45) is 0 Å². The number of hydrogen-bond acceptors (Lipinski definition) is 5. The minimum absolute atomic E-state index is 0.100. The zero-order chi connectivity index (χ0) is 21.1. The van der Waals surface area contributed by atoms with E-state index in [2.05, 4.69) is 45.3 Å². The molecule has 1 heterocycles. The zero-order valence-corrected chi connectivity index (χ0v) is 19.2. The Morgan fingerprint density at radius 2 is 1.86 bits per heavy atom. The molecule has 0 aliphatic rings. The molecule has 8 heteroatoms. The fraction of sp³-hybridized carbons (Fsp3) is 0.286. The van der Waals surface area contributed by atoms with E-state index >= 15 is 0 Å². The largest absolute Gasteiger partial charge is 0.335 e. The summed E-state index contributed by atoms with van der Waals surface area (Å²) in [5.41, 5.74) is 3.88. The fourth-order valence-electron chi connectivity index (χ4n) is 2.96. The Morgan fingerprint density at radius 3 is 2.55 bits per heavy atom. The molecule has 1 atom stereocenters. The van der Waals surface area contributed by atoms with E-state index in [9.17, 15) is 4.79 Å². The molecule has 0 aliphatic carbocycles. The number of nitrogens with two attached hydrogens (primary N) is 1. The van der Waals surface area contributed by atoms with Gasteiger partial charge in [0.1, 0.15) is 0 Å². The lowest BCUT2D eigenvalue weighted by Crippen LogP contribution is -2.25. The fourth-order valence-corrected chi connectivity index (χ4v) is 4.19. The Hall–Kier alpha value is -2.32. The number of halogens is 1. The highest BCUT2D eigenvalue weighted by molar-refractivity contribution is 9.10. The number of nitrogen functional groups attached to an aromatic ring is 1. The van der Waals surface area contributed by atoms with Gasteiger partial charge in [-0.25, -0.2) is 4.68 Å². The van der Waals surface area contributed by atoms with E-state index in [1.807, 2.05) is 56.3 Å². The first-order valence-electron chi connectivity index (χ1n) is 9.32. The van der Waals surface area contributed by atoms with Gasteiger partial charge in [0.15, 0.2) is 5.82 Å². The van der Waals surface area contributed by atoms with Crippen LogP contribution in [0.1, 0.15) is 37.8 Å². The molecule has 3 aromatic rings. The van der Waals surface area contributed by atoms with Gasteiger partial charge >= 0.3 is 0 Å². The number of carbonyl (C=O) groups is 1. The summed E-state index contributed by atoms with van der Waals surface area (Å²) in [6, 6.07) is 13.7. The van der Waals surface area contributed by atoms with Crippen LogP contribution in [0, 0.1) is 6.92 Å². The van der Waals surface area contributed by atoms with Crippen molar-refractivity contribution in [3.8, 4) is 11.4 Å². The van der Waals surface area contributed by atoms with Crippen molar-refractivity contribution < 1.29 is 4.79 Å². The number of anilines is 1. The lowest BCUT2D eigenvalue weighted by Gasteiger charge is -2.18. The van der Waals surface area contributed by atoms with E-state index < -0.39 is 5.25 Å². The third-order valence-electron chi connectivity index (χ3n) is 4.61. The Kier molecular flexibility index (Phi) is 6.64. The summed E-state index contributed by atoms with van der Waals surface area (Å²) in [6.45, 7) is 8.06. The van der Waals surface area contributed by atoms with Crippen LogP contribution >= 0.6 is 27.7 Å². The molecule has 2 aromatic carbocycles. The monoisotopic (exact) mass is 473 g/mol. The maximum atomic E-state index is 12.8. The normalized spacial score (nSPS) is 12.2. The van der Waals surface area contributed by atoms with E-state index in [1.165, 1.54) is 16.4 Å². The molecule has 1 unspecified atom stereocenters. The molecule has 1 aromatic heterocycles. The summed E-state index contributed by atoms with van der Waals surface area (Å²) in [5.74, 6) is 6.96. The lowest BCUT2D eigenvalue weighted by molar-refractivity contribution is -0.115. The van der Waals surface area contributed by atoms with Crippen LogP contribution in [-0.2, 0) is 4.79 Å². The molecule has 0 saturated heterocycles. The molecule has 3 rings (SSSR count). The highest BCUT2D eigenvalue weighted by Gasteiger charge is 2.22. The van der Waals surface area contributed by atoms with E-state index in [1.54, 1.807) is 0 Å². The second-order valence-corrected chi connectivity index (χ2v) is 9.26. The number of aromatic nitrogens is 3. The molecule has 0 fully saturated rings. The summed E-state index contributed by atoms with van der Waals surface area (Å²) in [6.07, 6.45) is 0. The number of nitrogens with one attached hydrogen (secondary N) is 1. The Morgan fingerprint density at radius 1 is 1.14 bits per heavy atom. The first-order valence-corrected chi connectivity index (χ1v) is 11.0. The van der Waals surface area contributed by atoms with E-state index in [-0.39, 0.29) is 5.91 Å². The molecule has 0 bridgehead atoms. The predicted molar refractivity (Wildman–Crippen MR) is 123 cm³/mol. The number of benzene rings is 2. The number of aryl methyl sites for hydroxylation is 1. The van der Waals surface area contributed by atoms with Crippen LogP contribution in [0.5, 0.6) is 0 Å². The van der Waals surface area contributed by atoms with Crippen LogP contribution in [0.4, 0.5) is 5.69 Å². The van der Waals surface area contributed by atoms with Gasteiger partial charge in [0, 0.05) is 15.7 Å². The standard InChI is InChI=1S/C21H24BrN5OS/c1-12(2)15-10-7-8-13(3)18(15)24-20(28)14(4)29-21-26-25-19(27(21)23)16-9-5-6-11-17(16)22/h5-12,14H,23H2,1-4H3,(H,24,28). The van der Waals surface area contributed by atoms with Crippen molar-refractivity contribution in [3.63, 3.8) is 0 Å². The van der Waals surface area contributed by atoms with Gasteiger partial charge in [0.2, 0.25) is 11.1 Å². The number of carbonyl (C=O) groups excluding carboxylic acids is 1. The Bertz CT molecular complexity index is 1030. The van der Waals surface area contributed by atoms with Gasteiger partial charge in [0.25, 0.3) is 0 Å².